The molecule has 14 nitrogen and oxygen atoms in total. The summed E-state index contributed by atoms with van der Waals surface area (Å²) in [5.74, 6) is 3.78. The largest absolute Gasteiger partial charge is 0.465 e. The Hall–Kier alpha value is -6.65. The van der Waals surface area contributed by atoms with Crippen molar-refractivity contribution in [2.24, 2.45) is 0 Å². The lowest BCUT2D eigenvalue weighted by Gasteiger charge is -2.40. The summed E-state index contributed by atoms with van der Waals surface area (Å²) < 4.78 is 4.94. The van der Waals surface area contributed by atoms with Gasteiger partial charge < -0.3 is 39.8 Å². The van der Waals surface area contributed by atoms with Crippen LogP contribution in [0.25, 0.3) is 22.8 Å². The number of nitrogens with zero attached hydrogens (tertiary/aromatic N) is 7. The highest BCUT2D eigenvalue weighted by Gasteiger charge is 2.35. The molecular weight excluding hydrogens is 936 g/mol. The van der Waals surface area contributed by atoms with Crippen molar-refractivity contribution in [1.29, 1.82) is 10.5 Å². The maximum Gasteiger partial charge on any atom is 0.338 e. The molecule has 2 aliphatic carbocycles. The number of aryl methyl sites for hydroxylation is 2. The number of fused-ring (bicyclic) bond motifs is 2. The van der Waals surface area contributed by atoms with E-state index in [1.165, 1.54) is 66.4 Å². The minimum absolute atomic E-state index is 0. The molecule has 4 fully saturated rings. The van der Waals surface area contributed by atoms with Gasteiger partial charge in [0.25, 0.3) is 5.91 Å². The molecule has 0 spiro atoms. The molecular formula is C58H67ClN10O4. The van der Waals surface area contributed by atoms with E-state index >= 15 is 0 Å². The van der Waals surface area contributed by atoms with E-state index in [2.05, 4.69) is 76.4 Å². The third-order valence-electron chi connectivity index (χ3n) is 15.0. The zero-order valence-corrected chi connectivity index (χ0v) is 43.7. The van der Waals surface area contributed by atoms with Gasteiger partial charge in [0.2, 0.25) is 0 Å². The average Bonchev–Trinajstić information content (AvgIpc) is 4.31. The number of amides is 1. The van der Waals surface area contributed by atoms with Gasteiger partial charge in [0.1, 0.15) is 11.6 Å². The van der Waals surface area contributed by atoms with Gasteiger partial charge in [0.15, 0.2) is 0 Å². The lowest BCUT2D eigenvalue weighted by Crippen LogP contribution is -2.48. The fraction of sp³-hybridized carbons (Fsp3) is 0.414. The number of ether oxygens (including phenoxy) is 1. The molecule has 380 valence electrons. The number of likely N-dealkylation sites (N-methyl/N-ethyl adjacent to an activating group) is 2. The van der Waals surface area contributed by atoms with E-state index in [0.717, 1.165) is 116 Å². The van der Waals surface area contributed by atoms with Gasteiger partial charge in [-0.1, -0.05) is 36.4 Å². The second-order valence-electron chi connectivity index (χ2n) is 20.3. The lowest BCUT2D eigenvalue weighted by molar-refractivity contribution is 0.0593. The second kappa shape index (κ2) is 23.1. The Labute approximate surface area is 435 Å². The van der Waals surface area contributed by atoms with E-state index in [9.17, 15) is 9.59 Å². The summed E-state index contributed by atoms with van der Waals surface area (Å²) >= 11 is 0. The first kappa shape index (κ1) is 52.7. The van der Waals surface area contributed by atoms with Gasteiger partial charge >= 0.3 is 5.97 Å². The average molecular weight is 1000 g/mol. The summed E-state index contributed by atoms with van der Waals surface area (Å²) in [6.07, 6.45) is 6.78. The van der Waals surface area contributed by atoms with Crippen LogP contribution in [-0.4, -0.2) is 119 Å². The van der Waals surface area contributed by atoms with E-state index < -0.39 is 0 Å². The highest BCUT2D eigenvalue weighted by molar-refractivity contribution is 5.98. The van der Waals surface area contributed by atoms with Gasteiger partial charge in [0.05, 0.1) is 58.7 Å². The number of esters is 1. The number of aliphatic hydroxyl groups is 1. The van der Waals surface area contributed by atoms with Crippen molar-refractivity contribution in [2.45, 2.75) is 89.1 Å². The number of nitriles is 2. The summed E-state index contributed by atoms with van der Waals surface area (Å²) in [6.45, 7) is 11.5. The van der Waals surface area contributed by atoms with Gasteiger partial charge in [-0.25, -0.2) is 14.8 Å². The number of aromatic nitrogens is 4. The van der Waals surface area contributed by atoms with Crippen molar-refractivity contribution in [3.05, 3.63) is 151 Å². The highest BCUT2D eigenvalue weighted by atomic mass is 35.5. The Balaban J connectivity index is 0.000000158. The minimum Gasteiger partial charge on any atom is -0.465 e. The standard InChI is InChI=1S/C28H29N5O.C19H23N3O2.C10H10N2.CH4O.ClH/c1-17-11-23(20-7-8-20)24(27-30-25-9-10-32(2)16-26(25)31-27)12-22(17)28(34)33-14-21(15-33)19-5-3-18(13-29)4-6-19;1-11-8-14(12-4-5-12)15(9-13(11)19(23)24-3)18-20-16-6-7-22(2)10-17(16)21-18;11-5-8-1-3-9(4-2-8)10-6-12-7-10;1-2;/h3-6,11-12,20-21H,7-10,14-16H2,1-2H3,(H,30,31);8-9,12H,4-7,10H2,1-3H3,(H,20,21);1-4,10,12H,6-7H2;2H,1H3;1H. The fourth-order valence-corrected chi connectivity index (χ4v) is 10.2. The van der Waals surface area contributed by atoms with Crippen molar-refractivity contribution in [3.63, 3.8) is 0 Å². The number of nitrogens with one attached hydrogen (secondary N) is 3. The third kappa shape index (κ3) is 11.8. The monoisotopic (exact) mass is 1000 g/mol. The second-order valence-corrected chi connectivity index (χ2v) is 20.3. The van der Waals surface area contributed by atoms with Gasteiger partial charge in [0, 0.05) is 101 Å². The normalized spacial score (nSPS) is 17.1. The Bertz CT molecular complexity index is 3020. The van der Waals surface area contributed by atoms with Crippen molar-refractivity contribution in [3.8, 4) is 34.9 Å². The summed E-state index contributed by atoms with van der Waals surface area (Å²) in [7, 11) is 6.69. The molecule has 0 atom stereocenters. The van der Waals surface area contributed by atoms with Crippen LogP contribution in [0, 0.1) is 36.5 Å². The maximum absolute atomic E-state index is 13.5. The van der Waals surface area contributed by atoms with Crippen LogP contribution in [0.3, 0.4) is 0 Å². The number of carbonyl (C=O) groups excluding carboxylic acids is 2. The fourth-order valence-electron chi connectivity index (χ4n) is 10.2. The number of H-pyrrole nitrogens is 2. The molecule has 0 unspecified atom stereocenters. The number of benzene rings is 4. The van der Waals surface area contributed by atoms with Crippen molar-refractivity contribution in [2.75, 3.05) is 67.6 Å². The molecule has 2 saturated heterocycles. The SMILES string of the molecule is CO.COC(=O)c1cc(-c2nc3c([nH]2)CN(C)CC3)c(C2CC2)cc1C.Cc1cc(C2CC2)c(-c2nc3c([nH]2)CN(C)CC3)cc1C(=O)N1CC(c2ccc(C#N)cc2)C1.Cl.N#Cc1ccc(C2CNC2)cc1. The van der Waals surface area contributed by atoms with Crippen LogP contribution >= 0.6 is 12.4 Å². The first-order valence-corrected chi connectivity index (χ1v) is 25.3. The first-order valence-electron chi connectivity index (χ1n) is 25.3. The molecule has 12 rings (SSSR count). The van der Waals surface area contributed by atoms with E-state index in [1.54, 1.807) is 0 Å². The Morgan fingerprint density at radius 1 is 0.658 bits per heavy atom. The van der Waals surface area contributed by atoms with Crippen molar-refractivity contribution < 1.29 is 19.4 Å². The van der Waals surface area contributed by atoms with Crippen molar-refractivity contribution >= 4 is 24.3 Å². The van der Waals surface area contributed by atoms with Crippen LogP contribution in [0.1, 0.15) is 137 Å². The van der Waals surface area contributed by atoms with Gasteiger partial charge in [-0.05, 0) is 135 Å². The number of halogens is 1. The zero-order valence-electron chi connectivity index (χ0n) is 42.8. The molecule has 2 saturated carbocycles. The van der Waals surface area contributed by atoms with Crippen molar-refractivity contribution in [1.82, 2.24) is 40.0 Å². The number of carbonyl (C=O) groups is 2. The number of aliphatic hydroxyl groups excluding tert-OH is 1. The molecule has 0 bridgehead atoms. The van der Waals surface area contributed by atoms with E-state index in [4.69, 9.17) is 30.3 Å². The number of aromatic amines is 2. The quantitative estimate of drug-likeness (QED) is 0.107. The zero-order chi connectivity index (χ0) is 50.6. The minimum atomic E-state index is -0.285. The summed E-state index contributed by atoms with van der Waals surface area (Å²) in [5.41, 5.74) is 16.9. The summed E-state index contributed by atoms with van der Waals surface area (Å²) in [4.78, 5) is 49.0. The molecule has 15 heteroatoms. The lowest BCUT2D eigenvalue weighted by atomic mass is 9.89. The molecule has 0 radical (unpaired) electrons. The number of methoxy groups -OCH3 is 1. The highest BCUT2D eigenvalue weighted by Crippen LogP contribution is 2.47. The molecule has 73 heavy (non-hydrogen) atoms. The molecule has 2 aromatic heterocycles. The maximum atomic E-state index is 13.5. The smallest absolute Gasteiger partial charge is 0.338 e. The Morgan fingerprint density at radius 3 is 1.51 bits per heavy atom. The van der Waals surface area contributed by atoms with Crippen LogP contribution in [0.4, 0.5) is 0 Å². The molecule has 4 aliphatic heterocycles. The van der Waals surface area contributed by atoms with E-state index in [-0.39, 0.29) is 24.3 Å². The molecule has 6 aromatic rings. The Kier molecular flexibility index (Phi) is 16.6. The van der Waals surface area contributed by atoms with Gasteiger partial charge in [-0.2, -0.15) is 10.5 Å². The van der Waals surface area contributed by atoms with E-state index in [1.807, 2.05) is 66.4 Å². The molecule has 4 aromatic carbocycles. The van der Waals surface area contributed by atoms with Crippen LogP contribution in [0.15, 0.2) is 72.8 Å². The first-order chi connectivity index (χ1) is 35.0. The summed E-state index contributed by atoms with van der Waals surface area (Å²) in [5, 5.41) is 27.8. The predicted octanol–water partition coefficient (Wildman–Crippen LogP) is 8.67. The number of hydrogen-bond donors (Lipinski definition) is 4. The Morgan fingerprint density at radius 2 is 1.10 bits per heavy atom. The summed E-state index contributed by atoms with van der Waals surface area (Å²) in [6, 6.07) is 28.3. The number of hydrogen-bond acceptors (Lipinski definition) is 11. The number of imidazole rings is 2. The number of rotatable bonds is 8. The molecule has 6 heterocycles. The van der Waals surface area contributed by atoms with Crippen LogP contribution in [0.5, 0.6) is 0 Å². The topological polar surface area (TPSA) is 190 Å². The van der Waals surface area contributed by atoms with Gasteiger partial charge in [-0.15, -0.1) is 12.4 Å². The predicted molar refractivity (Wildman–Crippen MR) is 285 cm³/mol. The third-order valence-corrected chi connectivity index (χ3v) is 15.0. The van der Waals surface area contributed by atoms with Crippen LogP contribution < -0.4 is 5.32 Å². The van der Waals surface area contributed by atoms with E-state index in [0.29, 0.717) is 47.9 Å². The van der Waals surface area contributed by atoms with Crippen LogP contribution in [0.2, 0.25) is 0 Å². The molecule has 4 N–H and O–H groups in total. The number of likely N-dealkylation sites (tertiary alicyclic amines) is 1. The van der Waals surface area contributed by atoms with Crippen LogP contribution in [-0.2, 0) is 30.7 Å². The molecule has 1 amide bonds. The van der Waals surface area contributed by atoms with Gasteiger partial charge in [-0.3, -0.25) is 4.79 Å². The molecule has 6 aliphatic rings.